The van der Waals surface area contributed by atoms with Gasteiger partial charge in [0, 0.05) is 0 Å². The molecule has 0 amide bonds. The van der Waals surface area contributed by atoms with Gasteiger partial charge in [-0.3, -0.25) is 4.79 Å². The summed E-state index contributed by atoms with van der Waals surface area (Å²) in [5, 5.41) is 11.3. The second-order valence-corrected chi connectivity index (χ2v) is 8.42. The molecule has 3 rings (SSSR count). The first-order valence-electron chi connectivity index (χ1n) is 8.80. The quantitative estimate of drug-likeness (QED) is 0.465. The second kappa shape index (κ2) is 8.01. The van der Waals surface area contributed by atoms with Gasteiger partial charge in [-0.1, -0.05) is 60.7 Å². The lowest BCUT2D eigenvalue weighted by Crippen LogP contribution is -2.41. The predicted molar refractivity (Wildman–Crippen MR) is 103 cm³/mol. The summed E-state index contributed by atoms with van der Waals surface area (Å²) in [5.41, 5.74) is -1.41. The molecular formula is C21H20Cl2O4. The Hall–Kier alpha value is -1.88. The maximum absolute atomic E-state index is 12.9. The summed E-state index contributed by atoms with van der Waals surface area (Å²) in [6.45, 7) is 0. The number of rotatable bonds is 4. The molecule has 2 aromatic rings. The van der Waals surface area contributed by atoms with Crippen molar-refractivity contribution < 1.29 is 19.4 Å². The molecule has 142 valence electrons. The molecule has 0 aromatic heterocycles. The molecule has 0 saturated heterocycles. The van der Waals surface area contributed by atoms with Crippen LogP contribution in [0.5, 0.6) is 0 Å². The zero-order valence-electron chi connectivity index (χ0n) is 14.6. The van der Waals surface area contributed by atoms with Gasteiger partial charge in [-0.05, 0) is 36.8 Å². The number of aliphatic hydroxyl groups is 1. The van der Waals surface area contributed by atoms with E-state index in [-0.39, 0.29) is 0 Å². The van der Waals surface area contributed by atoms with Gasteiger partial charge in [-0.2, -0.15) is 0 Å². The Bertz CT molecular complexity index is 756. The molecule has 6 heteroatoms. The first-order chi connectivity index (χ1) is 12.8. The van der Waals surface area contributed by atoms with Crippen molar-refractivity contribution >= 4 is 35.1 Å². The Kier molecular flexibility index (Phi) is 5.89. The van der Waals surface area contributed by atoms with E-state index in [1.54, 1.807) is 60.7 Å². The zero-order valence-corrected chi connectivity index (χ0v) is 16.1. The van der Waals surface area contributed by atoms with Crippen LogP contribution in [0.4, 0.5) is 0 Å². The Labute approximate surface area is 168 Å². The summed E-state index contributed by atoms with van der Waals surface area (Å²) in [5.74, 6) is -2.14. The van der Waals surface area contributed by atoms with Crippen molar-refractivity contribution in [1.29, 1.82) is 0 Å². The van der Waals surface area contributed by atoms with Crippen LogP contribution in [-0.2, 0) is 19.9 Å². The molecule has 0 unspecified atom stereocenters. The molecule has 1 fully saturated rings. The van der Waals surface area contributed by atoms with E-state index in [4.69, 9.17) is 27.9 Å². The average molecular weight is 407 g/mol. The van der Waals surface area contributed by atoms with E-state index in [1.807, 2.05) is 0 Å². The highest BCUT2D eigenvalue weighted by molar-refractivity contribution is 6.48. The van der Waals surface area contributed by atoms with E-state index in [2.05, 4.69) is 0 Å². The third kappa shape index (κ3) is 4.34. The maximum Gasteiger partial charge on any atom is 0.355 e. The number of benzene rings is 2. The van der Waals surface area contributed by atoms with Gasteiger partial charge in [-0.15, -0.1) is 23.2 Å². The number of alkyl halides is 2. The van der Waals surface area contributed by atoms with E-state index in [9.17, 15) is 14.7 Å². The van der Waals surface area contributed by atoms with Crippen LogP contribution >= 0.6 is 23.2 Å². The molecule has 0 atom stereocenters. The summed E-state index contributed by atoms with van der Waals surface area (Å²) in [7, 11) is 0. The summed E-state index contributed by atoms with van der Waals surface area (Å²) in [6.07, 6.45) is 1.78. The second-order valence-electron chi connectivity index (χ2n) is 6.78. The first-order valence-corrected chi connectivity index (χ1v) is 9.56. The van der Waals surface area contributed by atoms with Gasteiger partial charge in [0.2, 0.25) is 5.60 Å². The van der Waals surface area contributed by atoms with E-state index in [1.165, 1.54) is 0 Å². The van der Waals surface area contributed by atoms with E-state index in [0.29, 0.717) is 36.8 Å². The van der Waals surface area contributed by atoms with Gasteiger partial charge in [0.1, 0.15) is 4.33 Å². The predicted octanol–water partition coefficient (Wildman–Crippen LogP) is 4.36. The zero-order chi connectivity index (χ0) is 19.5. The van der Waals surface area contributed by atoms with Crippen LogP contribution in [0, 0.1) is 5.92 Å². The van der Waals surface area contributed by atoms with E-state index in [0.717, 1.165) is 0 Å². The van der Waals surface area contributed by atoms with Crippen LogP contribution < -0.4 is 0 Å². The molecule has 0 spiro atoms. The standard InChI is InChI=1S/C21H20Cl2O4/c22-20(23)13-11-15(12-14-20)18(24)27-19(25)21(26,16-7-3-1-4-8-16)17-9-5-2-6-10-17/h1-10,15,26H,11-14H2. The van der Waals surface area contributed by atoms with Gasteiger partial charge in [-0.25, -0.2) is 4.79 Å². The van der Waals surface area contributed by atoms with Crippen molar-refractivity contribution in [3.8, 4) is 0 Å². The fraction of sp³-hybridized carbons (Fsp3) is 0.333. The minimum absolute atomic E-state index is 0.332. The Morgan fingerprint density at radius 2 is 1.37 bits per heavy atom. The normalized spacial score (nSPS) is 17.3. The van der Waals surface area contributed by atoms with Crippen LogP contribution in [0.25, 0.3) is 0 Å². The molecule has 1 aliphatic carbocycles. The van der Waals surface area contributed by atoms with Gasteiger partial charge < -0.3 is 9.84 Å². The number of ether oxygens (including phenoxy) is 1. The molecule has 1 saturated carbocycles. The summed E-state index contributed by atoms with van der Waals surface area (Å²) in [4.78, 5) is 25.4. The van der Waals surface area contributed by atoms with Crippen molar-refractivity contribution in [2.24, 2.45) is 5.92 Å². The number of esters is 2. The molecule has 0 aliphatic heterocycles. The molecule has 1 N–H and O–H groups in total. The van der Waals surface area contributed by atoms with Gasteiger partial charge in [0.15, 0.2) is 0 Å². The number of carbonyl (C=O) groups excluding carboxylic acids is 2. The van der Waals surface area contributed by atoms with Gasteiger partial charge >= 0.3 is 11.9 Å². The molecule has 2 aromatic carbocycles. The summed E-state index contributed by atoms with van der Waals surface area (Å²) >= 11 is 12.2. The minimum Gasteiger partial charge on any atom is -0.390 e. The lowest BCUT2D eigenvalue weighted by molar-refractivity contribution is -0.174. The van der Waals surface area contributed by atoms with Crippen LogP contribution in [0.2, 0.25) is 0 Å². The Balaban J connectivity index is 1.83. The number of hydrogen-bond donors (Lipinski definition) is 1. The lowest BCUT2D eigenvalue weighted by Gasteiger charge is -2.30. The largest absolute Gasteiger partial charge is 0.390 e. The third-order valence-electron chi connectivity index (χ3n) is 4.92. The summed E-state index contributed by atoms with van der Waals surface area (Å²) in [6, 6.07) is 16.9. The topological polar surface area (TPSA) is 63.6 Å². The Morgan fingerprint density at radius 3 is 1.81 bits per heavy atom. The van der Waals surface area contributed by atoms with Crippen LogP contribution in [-0.4, -0.2) is 21.4 Å². The number of hydrogen-bond acceptors (Lipinski definition) is 4. The average Bonchev–Trinajstić information content (AvgIpc) is 2.68. The highest BCUT2D eigenvalue weighted by Crippen LogP contribution is 2.41. The van der Waals surface area contributed by atoms with E-state index >= 15 is 0 Å². The van der Waals surface area contributed by atoms with Gasteiger partial charge in [0.25, 0.3) is 0 Å². The first kappa shape index (κ1) is 19.9. The smallest absolute Gasteiger partial charge is 0.355 e. The SMILES string of the molecule is O=C(OC(=O)C(O)(c1ccccc1)c1ccccc1)C1CCC(Cl)(Cl)CC1. The summed E-state index contributed by atoms with van der Waals surface area (Å²) < 4.78 is 4.28. The highest BCUT2D eigenvalue weighted by atomic mass is 35.5. The van der Waals surface area contributed by atoms with Crippen LogP contribution in [0.1, 0.15) is 36.8 Å². The molecule has 4 nitrogen and oxygen atoms in total. The number of carbonyl (C=O) groups is 2. The fourth-order valence-electron chi connectivity index (χ4n) is 3.29. The molecular weight excluding hydrogens is 387 g/mol. The fourth-order valence-corrected chi connectivity index (χ4v) is 3.72. The molecule has 0 radical (unpaired) electrons. The van der Waals surface area contributed by atoms with Crippen molar-refractivity contribution in [3.05, 3.63) is 71.8 Å². The molecule has 0 heterocycles. The molecule has 0 bridgehead atoms. The van der Waals surface area contributed by atoms with Crippen LogP contribution in [0.15, 0.2) is 60.7 Å². The highest BCUT2D eigenvalue weighted by Gasteiger charge is 2.44. The maximum atomic E-state index is 12.9. The minimum atomic E-state index is -2.07. The van der Waals surface area contributed by atoms with E-state index < -0.39 is 27.8 Å². The molecule has 1 aliphatic rings. The van der Waals surface area contributed by atoms with Crippen molar-refractivity contribution in [2.45, 2.75) is 35.6 Å². The lowest BCUT2D eigenvalue weighted by atomic mass is 9.86. The number of halogens is 2. The Morgan fingerprint density at radius 1 is 0.926 bits per heavy atom. The van der Waals surface area contributed by atoms with Crippen LogP contribution in [0.3, 0.4) is 0 Å². The van der Waals surface area contributed by atoms with Crippen molar-refractivity contribution in [3.63, 3.8) is 0 Å². The monoisotopic (exact) mass is 406 g/mol. The molecule has 27 heavy (non-hydrogen) atoms. The van der Waals surface area contributed by atoms with Crippen molar-refractivity contribution in [2.75, 3.05) is 0 Å². The van der Waals surface area contributed by atoms with Gasteiger partial charge in [0.05, 0.1) is 5.92 Å². The van der Waals surface area contributed by atoms with Crippen molar-refractivity contribution in [1.82, 2.24) is 0 Å². The third-order valence-corrected chi connectivity index (χ3v) is 5.68.